The van der Waals surface area contributed by atoms with Gasteiger partial charge >= 0.3 is 0 Å². The van der Waals surface area contributed by atoms with Crippen LogP contribution < -0.4 is 16.0 Å². The molecule has 0 saturated heterocycles. The highest BCUT2D eigenvalue weighted by atomic mass is 35.5. The van der Waals surface area contributed by atoms with Crippen molar-refractivity contribution in [2.75, 3.05) is 11.4 Å². The molecule has 21 heavy (non-hydrogen) atoms. The molecule has 0 spiro atoms. The first-order valence-corrected chi connectivity index (χ1v) is 7.02. The number of benzene rings is 1. The molecule has 0 saturated carbocycles. The molecule has 0 fully saturated rings. The number of nitrogens with two attached hydrogens (primary N) is 1. The van der Waals surface area contributed by atoms with E-state index in [0.29, 0.717) is 22.8 Å². The Morgan fingerprint density at radius 1 is 1.43 bits per heavy atom. The molecule has 2 rings (SSSR count). The van der Waals surface area contributed by atoms with Crippen LogP contribution in [0.2, 0.25) is 5.02 Å². The summed E-state index contributed by atoms with van der Waals surface area (Å²) in [7, 11) is 0. The lowest BCUT2D eigenvalue weighted by Crippen LogP contribution is -2.46. The van der Waals surface area contributed by atoms with Gasteiger partial charge in [-0.2, -0.15) is 0 Å². The van der Waals surface area contributed by atoms with Gasteiger partial charge in [-0.15, -0.1) is 0 Å². The van der Waals surface area contributed by atoms with E-state index in [2.05, 4.69) is 5.32 Å². The molecule has 0 aliphatic carbocycles. The predicted octanol–water partition coefficient (Wildman–Crippen LogP) is 1.07. The fraction of sp³-hybridized carbons (Fsp3) is 0.357. The number of carbonyl (C=O) groups is 3. The molecule has 1 aromatic carbocycles. The maximum atomic E-state index is 12.5. The third kappa shape index (κ3) is 3.16. The number of amides is 3. The Labute approximate surface area is 127 Å². The summed E-state index contributed by atoms with van der Waals surface area (Å²) >= 11 is 5.92. The summed E-state index contributed by atoms with van der Waals surface area (Å²) in [6.45, 7) is 2.23. The highest BCUT2D eigenvalue weighted by Gasteiger charge is 2.33. The summed E-state index contributed by atoms with van der Waals surface area (Å²) in [5, 5.41) is 3.05. The Bertz CT molecular complexity index is 603. The zero-order valence-electron chi connectivity index (χ0n) is 11.6. The number of halogens is 1. The van der Waals surface area contributed by atoms with Crippen molar-refractivity contribution in [1.29, 1.82) is 0 Å². The van der Waals surface area contributed by atoms with Crippen LogP contribution in [0.5, 0.6) is 0 Å². The highest BCUT2D eigenvalue weighted by Crippen LogP contribution is 2.27. The van der Waals surface area contributed by atoms with Crippen LogP contribution >= 0.6 is 11.6 Å². The van der Waals surface area contributed by atoms with Crippen molar-refractivity contribution >= 4 is 35.0 Å². The van der Waals surface area contributed by atoms with Gasteiger partial charge in [0.15, 0.2) is 0 Å². The van der Waals surface area contributed by atoms with E-state index in [0.717, 1.165) is 0 Å². The van der Waals surface area contributed by atoms with Crippen LogP contribution in [0, 0.1) is 0 Å². The molecule has 112 valence electrons. The van der Waals surface area contributed by atoms with Crippen molar-refractivity contribution in [1.82, 2.24) is 5.32 Å². The van der Waals surface area contributed by atoms with Gasteiger partial charge in [-0.05, 0) is 31.5 Å². The van der Waals surface area contributed by atoms with Crippen molar-refractivity contribution in [3.05, 3.63) is 28.8 Å². The van der Waals surface area contributed by atoms with E-state index in [4.69, 9.17) is 17.3 Å². The average Bonchev–Trinajstić information content (AvgIpc) is 2.53. The van der Waals surface area contributed by atoms with Gasteiger partial charge in [-0.3, -0.25) is 14.4 Å². The number of hydrogen-bond acceptors (Lipinski definition) is 3. The molecule has 6 nitrogen and oxygen atoms in total. The van der Waals surface area contributed by atoms with Gasteiger partial charge in [0, 0.05) is 18.0 Å². The fourth-order valence-electron chi connectivity index (χ4n) is 2.34. The number of fused-ring (bicyclic) bond motifs is 1. The molecule has 0 aromatic heterocycles. The van der Waals surface area contributed by atoms with Gasteiger partial charge < -0.3 is 16.0 Å². The van der Waals surface area contributed by atoms with Crippen LogP contribution in [0.1, 0.15) is 30.1 Å². The van der Waals surface area contributed by atoms with E-state index in [9.17, 15) is 14.4 Å². The zero-order valence-corrected chi connectivity index (χ0v) is 12.3. The van der Waals surface area contributed by atoms with E-state index in [1.165, 1.54) is 11.0 Å². The van der Waals surface area contributed by atoms with Gasteiger partial charge in [0.1, 0.15) is 6.04 Å². The van der Waals surface area contributed by atoms with Crippen LogP contribution in [0.15, 0.2) is 18.2 Å². The SMILES string of the molecule is CCN1C(=O)[C@H](CCC(N)=O)NC(=O)c2cc(Cl)ccc21. The molecule has 0 radical (unpaired) electrons. The maximum absolute atomic E-state index is 12.5. The number of anilines is 1. The van der Waals surface area contributed by atoms with E-state index in [1.54, 1.807) is 12.1 Å². The Morgan fingerprint density at radius 3 is 2.76 bits per heavy atom. The lowest BCUT2D eigenvalue weighted by molar-refractivity contribution is -0.121. The standard InChI is InChI=1S/C14H16ClN3O3/c1-2-18-11-5-3-8(15)7-9(11)13(20)17-10(14(18)21)4-6-12(16)19/h3,5,7,10H,2,4,6H2,1H3,(H2,16,19)(H,17,20)/t10-/m0/s1. The topological polar surface area (TPSA) is 92.5 Å². The number of nitrogens with zero attached hydrogens (tertiary/aromatic N) is 1. The molecular formula is C14H16ClN3O3. The van der Waals surface area contributed by atoms with Gasteiger partial charge in [-0.25, -0.2) is 0 Å². The Balaban J connectivity index is 2.39. The smallest absolute Gasteiger partial charge is 0.254 e. The monoisotopic (exact) mass is 309 g/mol. The maximum Gasteiger partial charge on any atom is 0.254 e. The number of nitrogens with one attached hydrogen (secondary N) is 1. The molecule has 1 atom stereocenters. The largest absolute Gasteiger partial charge is 0.370 e. The number of hydrogen-bond donors (Lipinski definition) is 2. The van der Waals surface area contributed by atoms with Crippen LogP contribution in [-0.4, -0.2) is 30.3 Å². The summed E-state index contributed by atoms with van der Waals surface area (Å²) in [6, 6.07) is 4.04. The third-order valence-electron chi connectivity index (χ3n) is 3.36. The summed E-state index contributed by atoms with van der Waals surface area (Å²) in [6.07, 6.45) is 0.212. The second-order valence-electron chi connectivity index (χ2n) is 4.78. The molecule has 1 aromatic rings. The van der Waals surface area contributed by atoms with Gasteiger partial charge in [0.25, 0.3) is 5.91 Å². The molecule has 1 aliphatic heterocycles. The lowest BCUT2D eigenvalue weighted by atomic mass is 10.1. The summed E-state index contributed by atoms with van der Waals surface area (Å²) in [4.78, 5) is 37.2. The van der Waals surface area contributed by atoms with Crippen molar-refractivity contribution < 1.29 is 14.4 Å². The number of primary amides is 1. The van der Waals surface area contributed by atoms with Crippen molar-refractivity contribution in [3.63, 3.8) is 0 Å². The summed E-state index contributed by atoms with van der Waals surface area (Å²) < 4.78 is 0. The lowest BCUT2D eigenvalue weighted by Gasteiger charge is -2.23. The second-order valence-corrected chi connectivity index (χ2v) is 5.21. The van der Waals surface area contributed by atoms with Crippen molar-refractivity contribution in [3.8, 4) is 0 Å². The Hall–Kier alpha value is -2.08. The van der Waals surface area contributed by atoms with Crippen LogP contribution in [0.25, 0.3) is 0 Å². The summed E-state index contributed by atoms with van der Waals surface area (Å²) in [5.74, 6) is -1.15. The van der Waals surface area contributed by atoms with Crippen LogP contribution in [0.4, 0.5) is 5.69 Å². The third-order valence-corrected chi connectivity index (χ3v) is 3.59. The predicted molar refractivity (Wildman–Crippen MR) is 79.2 cm³/mol. The van der Waals surface area contributed by atoms with Crippen LogP contribution in [-0.2, 0) is 9.59 Å². The molecule has 0 bridgehead atoms. The minimum Gasteiger partial charge on any atom is -0.370 e. The first-order valence-electron chi connectivity index (χ1n) is 6.64. The highest BCUT2D eigenvalue weighted by molar-refractivity contribution is 6.31. The molecule has 3 amide bonds. The van der Waals surface area contributed by atoms with E-state index < -0.39 is 11.9 Å². The van der Waals surface area contributed by atoms with E-state index >= 15 is 0 Å². The second kappa shape index (κ2) is 6.13. The first-order chi connectivity index (χ1) is 9.93. The first kappa shape index (κ1) is 15.3. The van der Waals surface area contributed by atoms with Gasteiger partial charge in [-0.1, -0.05) is 11.6 Å². The fourth-order valence-corrected chi connectivity index (χ4v) is 2.51. The van der Waals surface area contributed by atoms with E-state index in [1.807, 2.05) is 6.92 Å². The minimum absolute atomic E-state index is 0.0331. The average molecular weight is 310 g/mol. The van der Waals surface area contributed by atoms with E-state index in [-0.39, 0.29) is 24.7 Å². The normalized spacial score (nSPS) is 18.0. The molecular weight excluding hydrogens is 294 g/mol. The minimum atomic E-state index is -0.767. The molecule has 3 N–H and O–H groups in total. The number of likely N-dealkylation sites (N-methyl/N-ethyl adjacent to an activating group) is 1. The van der Waals surface area contributed by atoms with Crippen LogP contribution in [0.3, 0.4) is 0 Å². The molecule has 1 heterocycles. The Kier molecular flexibility index (Phi) is 4.47. The number of rotatable bonds is 4. The summed E-state index contributed by atoms with van der Waals surface area (Å²) in [5.41, 5.74) is 5.97. The van der Waals surface area contributed by atoms with Gasteiger partial charge in [0.05, 0.1) is 11.3 Å². The molecule has 0 unspecified atom stereocenters. The molecule has 7 heteroatoms. The number of carbonyl (C=O) groups excluding carboxylic acids is 3. The van der Waals surface area contributed by atoms with Crippen molar-refractivity contribution in [2.24, 2.45) is 5.73 Å². The Morgan fingerprint density at radius 2 is 2.14 bits per heavy atom. The van der Waals surface area contributed by atoms with Crippen molar-refractivity contribution in [2.45, 2.75) is 25.8 Å². The quantitative estimate of drug-likeness (QED) is 0.871. The van der Waals surface area contributed by atoms with Gasteiger partial charge in [0.2, 0.25) is 11.8 Å². The molecule has 1 aliphatic rings. The zero-order chi connectivity index (χ0) is 15.6.